The Labute approximate surface area is 122 Å². The summed E-state index contributed by atoms with van der Waals surface area (Å²) in [5, 5.41) is 14.2. The fourth-order valence-corrected chi connectivity index (χ4v) is 1.82. The highest BCUT2D eigenvalue weighted by Crippen LogP contribution is 2.14. The Bertz CT molecular complexity index is 586. The van der Waals surface area contributed by atoms with Gasteiger partial charge in [0.05, 0.1) is 16.3 Å². The molecule has 0 saturated heterocycles. The summed E-state index contributed by atoms with van der Waals surface area (Å²) in [7, 11) is 0. The molecular formula is C14H15ClN4O. The number of hydrogen-bond acceptors (Lipinski definition) is 4. The Balaban J connectivity index is 1.77. The summed E-state index contributed by atoms with van der Waals surface area (Å²) in [5.74, 6) is 0.495. The van der Waals surface area contributed by atoms with Crippen molar-refractivity contribution in [2.45, 2.75) is 6.92 Å². The lowest BCUT2D eigenvalue weighted by molar-refractivity contribution is 0.0955. The number of rotatable bonds is 5. The van der Waals surface area contributed by atoms with E-state index in [2.05, 4.69) is 20.8 Å². The summed E-state index contributed by atoms with van der Waals surface area (Å²) < 4.78 is 0. The zero-order valence-electron chi connectivity index (χ0n) is 11.1. The number of nitrogens with zero attached hydrogens (tertiary/aromatic N) is 2. The van der Waals surface area contributed by atoms with Crippen LogP contribution in [-0.2, 0) is 0 Å². The SMILES string of the molecule is Cc1ccc(NCCNC(=O)c2ccccc2Cl)nn1. The number of anilines is 1. The maximum atomic E-state index is 11.9. The molecule has 0 saturated carbocycles. The smallest absolute Gasteiger partial charge is 0.252 e. The molecule has 2 aromatic rings. The van der Waals surface area contributed by atoms with E-state index in [-0.39, 0.29) is 5.91 Å². The molecule has 0 aliphatic rings. The fourth-order valence-electron chi connectivity index (χ4n) is 1.60. The number of aromatic nitrogens is 2. The molecule has 2 rings (SSSR count). The van der Waals surface area contributed by atoms with Crippen LogP contribution in [0.2, 0.25) is 5.02 Å². The topological polar surface area (TPSA) is 66.9 Å². The molecule has 0 radical (unpaired) electrons. The van der Waals surface area contributed by atoms with E-state index in [4.69, 9.17) is 11.6 Å². The first-order valence-corrected chi connectivity index (χ1v) is 6.61. The van der Waals surface area contributed by atoms with E-state index in [1.165, 1.54) is 0 Å². The van der Waals surface area contributed by atoms with Gasteiger partial charge in [-0.3, -0.25) is 4.79 Å². The predicted octanol–water partition coefficient (Wildman–Crippen LogP) is 2.28. The van der Waals surface area contributed by atoms with Crippen LogP contribution >= 0.6 is 11.6 Å². The minimum Gasteiger partial charge on any atom is -0.367 e. The van der Waals surface area contributed by atoms with Gasteiger partial charge in [0.1, 0.15) is 5.82 Å². The average molecular weight is 291 g/mol. The van der Waals surface area contributed by atoms with E-state index in [1.807, 2.05) is 19.1 Å². The largest absolute Gasteiger partial charge is 0.367 e. The van der Waals surface area contributed by atoms with E-state index < -0.39 is 0 Å². The number of benzene rings is 1. The lowest BCUT2D eigenvalue weighted by Gasteiger charge is -2.08. The van der Waals surface area contributed by atoms with Crippen molar-refractivity contribution in [3.8, 4) is 0 Å². The van der Waals surface area contributed by atoms with Crippen LogP contribution in [-0.4, -0.2) is 29.2 Å². The Morgan fingerprint density at radius 1 is 1.15 bits per heavy atom. The van der Waals surface area contributed by atoms with Crippen molar-refractivity contribution in [2.24, 2.45) is 0 Å². The van der Waals surface area contributed by atoms with Crippen LogP contribution < -0.4 is 10.6 Å². The minimum absolute atomic E-state index is 0.188. The van der Waals surface area contributed by atoms with Crippen molar-refractivity contribution >= 4 is 23.3 Å². The van der Waals surface area contributed by atoms with Gasteiger partial charge in [0, 0.05) is 13.1 Å². The second-order valence-corrected chi connectivity index (χ2v) is 4.63. The third-order valence-corrected chi connectivity index (χ3v) is 2.96. The molecule has 2 N–H and O–H groups in total. The van der Waals surface area contributed by atoms with Crippen LogP contribution in [0.3, 0.4) is 0 Å². The normalized spacial score (nSPS) is 10.1. The molecule has 1 heterocycles. The molecule has 0 unspecified atom stereocenters. The lowest BCUT2D eigenvalue weighted by atomic mass is 10.2. The molecule has 5 nitrogen and oxygen atoms in total. The number of hydrogen-bond donors (Lipinski definition) is 2. The summed E-state index contributed by atoms with van der Waals surface area (Å²) in [6.07, 6.45) is 0. The molecule has 0 bridgehead atoms. The number of carbonyl (C=O) groups is 1. The summed E-state index contributed by atoms with van der Waals surface area (Å²) in [6, 6.07) is 10.7. The third-order valence-electron chi connectivity index (χ3n) is 2.63. The zero-order chi connectivity index (χ0) is 14.4. The number of halogens is 1. The van der Waals surface area contributed by atoms with Crippen molar-refractivity contribution in [1.29, 1.82) is 0 Å². The number of nitrogens with one attached hydrogen (secondary N) is 2. The Kier molecular flexibility index (Phi) is 4.90. The molecule has 104 valence electrons. The van der Waals surface area contributed by atoms with Crippen LogP contribution in [0, 0.1) is 6.92 Å². The van der Waals surface area contributed by atoms with E-state index in [0.717, 1.165) is 5.69 Å². The maximum Gasteiger partial charge on any atom is 0.252 e. The molecule has 0 aliphatic heterocycles. The van der Waals surface area contributed by atoms with Gasteiger partial charge in [-0.2, -0.15) is 5.10 Å². The van der Waals surface area contributed by atoms with Gasteiger partial charge in [-0.15, -0.1) is 5.10 Å². The van der Waals surface area contributed by atoms with Gasteiger partial charge >= 0.3 is 0 Å². The first-order valence-electron chi connectivity index (χ1n) is 6.24. The van der Waals surface area contributed by atoms with Crippen LogP contribution in [0.4, 0.5) is 5.82 Å². The van der Waals surface area contributed by atoms with Gasteiger partial charge < -0.3 is 10.6 Å². The van der Waals surface area contributed by atoms with E-state index in [9.17, 15) is 4.79 Å². The van der Waals surface area contributed by atoms with E-state index in [0.29, 0.717) is 29.5 Å². The van der Waals surface area contributed by atoms with Crippen molar-refractivity contribution in [3.63, 3.8) is 0 Å². The highest BCUT2D eigenvalue weighted by atomic mass is 35.5. The summed E-state index contributed by atoms with van der Waals surface area (Å²) in [6.45, 7) is 2.91. The van der Waals surface area contributed by atoms with Crippen molar-refractivity contribution in [1.82, 2.24) is 15.5 Å². The number of carbonyl (C=O) groups excluding carboxylic acids is 1. The highest BCUT2D eigenvalue weighted by Gasteiger charge is 2.08. The third kappa shape index (κ3) is 3.93. The maximum absolute atomic E-state index is 11.9. The predicted molar refractivity (Wildman–Crippen MR) is 79.0 cm³/mol. The molecule has 20 heavy (non-hydrogen) atoms. The van der Waals surface area contributed by atoms with Gasteiger partial charge in [-0.05, 0) is 31.2 Å². The van der Waals surface area contributed by atoms with Gasteiger partial charge in [-0.25, -0.2) is 0 Å². The first kappa shape index (κ1) is 14.3. The van der Waals surface area contributed by atoms with Gasteiger partial charge in [0.25, 0.3) is 5.91 Å². The Morgan fingerprint density at radius 2 is 1.95 bits per heavy atom. The summed E-state index contributed by atoms with van der Waals surface area (Å²) in [4.78, 5) is 11.9. The number of amides is 1. The number of aryl methyl sites for hydroxylation is 1. The van der Waals surface area contributed by atoms with Crippen molar-refractivity contribution < 1.29 is 4.79 Å². The Hall–Kier alpha value is -2.14. The first-order chi connectivity index (χ1) is 9.66. The molecule has 0 atom stereocenters. The van der Waals surface area contributed by atoms with Gasteiger partial charge in [0.2, 0.25) is 0 Å². The standard InChI is InChI=1S/C14H15ClN4O/c1-10-6-7-13(19-18-10)16-8-9-17-14(20)11-4-2-3-5-12(11)15/h2-7H,8-9H2,1H3,(H,16,19)(H,17,20). The minimum atomic E-state index is -0.188. The Morgan fingerprint density at radius 3 is 2.65 bits per heavy atom. The van der Waals surface area contributed by atoms with E-state index in [1.54, 1.807) is 24.3 Å². The summed E-state index contributed by atoms with van der Waals surface area (Å²) >= 11 is 5.95. The second kappa shape index (κ2) is 6.86. The molecule has 0 aliphatic carbocycles. The average Bonchev–Trinajstić information content (AvgIpc) is 2.46. The van der Waals surface area contributed by atoms with Crippen LogP contribution in [0.1, 0.15) is 16.1 Å². The fraction of sp³-hybridized carbons (Fsp3) is 0.214. The molecular weight excluding hydrogens is 276 g/mol. The molecule has 0 fully saturated rings. The van der Waals surface area contributed by atoms with Gasteiger partial charge in [0.15, 0.2) is 0 Å². The lowest BCUT2D eigenvalue weighted by Crippen LogP contribution is -2.29. The molecule has 6 heteroatoms. The summed E-state index contributed by atoms with van der Waals surface area (Å²) in [5.41, 5.74) is 1.34. The second-order valence-electron chi connectivity index (χ2n) is 4.22. The quantitative estimate of drug-likeness (QED) is 0.829. The highest BCUT2D eigenvalue weighted by molar-refractivity contribution is 6.33. The molecule has 0 spiro atoms. The van der Waals surface area contributed by atoms with Crippen LogP contribution in [0.15, 0.2) is 36.4 Å². The molecule has 1 aromatic carbocycles. The van der Waals surface area contributed by atoms with E-state index >= 15 is 0 Å². The monoisotopic (exact) mass is 290 g/mol. The van der Waals surface area contributed by atoms with Crippen LogP contribution in [0.25, 0.3) is 0 Å². The van der Waals surface area contributed by atoms with Crippen molar-refractivity contribution in [3.05, 3.63) is 52.7 Å². The van der Waals surface area contributed by atoms with Crippen LogP contribution in [0.5, 0.6) is 0 Å². The molecule has 1 aromatic heterocycles. The van der Waals surface area contributed by atoms with Gasteiger partial charge in [-0.1, -0.05) is 23.7 Å². The van der Waals surface area contributed by atoms with Crippen molar-refractivity contribution in [2.75, 3.05) is 18.4 Å². The zero-order valence-corrected chi connectivity index (χ0v) is 11.8. The molecule has 1 amide bonds.